The lowest BCUT2D eigenvalue weighted by Gasteiger charge is -2.26. The standard InChI is InChI=1S/C28H30N2O2/c1-32-27-16-12-25(13-17-27)24-10-14-26(15-11-24)29-28(31)18-9-22-5-7-23(8-6-22)21-30-19-3-2-4-20-30/h5-18H,2-4,19-21H2,1H3,(H,29,31)/b18-9+. The maximum absolute atomic E-state index is 12.3. The summed E-state index contributed by atoms with van der Waals surface area (Å²) < 4.78 is 5.20. The molecule has 164 valence electrons. The molecule has 1 aliphatic heterocycles. The van der Waals surface area contributed by atoms with Crippen molar-refractivity contribution >= 4 is 17.7 Å². The Bertz CT molecular complexity index is 1030. The van der Waals surface area contributed by atoms with Crippen LogP contribution >= 0.6 is 0 Å². The summed E-state index contributed by atoms with van der Waals surface area (Å²) in [4.78, 5) is 14.8. The molecule has 0 radical (unpaired) electrons. The zero-order chi connectivity index (χ0) is 22.2. The molecule has 0 unspecified atom stereocenters. The SMILES string of the molecule is COc1ccc(-c2ccc(NC(=O)/C=C/c3ccc(CN4CCCCC4)cc3)cc2)cc1. The summed E-state index contributed by atoms with van der Waals surface area (Å²) in [6.45, 7) is 3.41. The van der Waals surface area contributed by atoms with Crippen LogP contribution in [0.3, 0.4) is 0 Å². The molecule has 4 rings (SSSR count). The van der Waals surface area contributed by atoms with Crippen LogP contribution in [0.5, 0.6) is 5.75 Å². The van der Waals surface area contributed by atoms with E-state index in [9.17, 15) is 4.79 Å². The van der Waals surface area contributed by atoms with Gasteiger partial charge in [-0.1, -0.05) is 55.0 Å². The molecule has 4 nitrogen and oxygen atoms in total. The van der Waals surface area contributed by atoms with Crippen molar-refractivity contribution in [1.29, 1.82) is 0 Å². The van der Waals surface area contributed by atoms with E-state index in [-0.39, 0.29) is 5.91 Å². The van der Waals surface area contributed by atoms with Crippen LogP contribution in [0.2, 0.25) is 0 Å². The Hall–Kier alpha value is -3.37. The van der Waals surface area contributed by atoms with Gasteiger partial charge in [0.2, 0.25) is 5.91 Å². The van der Waals surface area contributed by atoms with Gasteiger partial charge in [0.15, 0.2) is 0 Å². The second kappa shape index (κ2) is 10.8. The van der Waals surface area contributed by atoms with Gasteiger partial charge in [0, 0.05) is 18.3 Å². The van der Waals surface area contributed by atoms with Gasteiger partial charge in [-0.2, -0.15) is 0 Å². The highest BCUT2D eigenvalue weighted by Crippen LogP contribution is 2.24. The van der Waals surface area contributed by atoms with E-state index in [1.807, 2.05) is 54.6 Å². The summed E-state index contributed by atoms with van der Waals surface area (Å²) in [5, 5.41) is 2.92. The molecule has 0 aromatic heterocycles. The Labute approximate surface area is 190 Å². The molecule has 4 heteroatoms. The fourth-order valence-electron chi connectivity index (χ4n) is 4.00. The van der Waals surface area contributed by atoms with Gasteiger partial charge in [0.1, 0.15) is 5.75 Å². The molecular formula is C28H30N2O2. The van der Waals surface area contributed by atoms with Gasteiger partial charge in [-0.3, -0.25) is 9.69 Å². The number of nitrogens with zero attached hydrogens (tertiary/aromatic N) is 1. The topological polar surface area (TPSA) is 41.6 Å². The summed E-state index contributed by atoms with van der Waals surface area (Å²) in [5.41, 5.74) is 5.31. The van der Waals surface area contributed by atoms with Crippen molar-refractivity contribution in [2.75, 3.05) is 25.5 Å². The molecule has 0 spiro atoms. The first-order valence-corrected chi connectivity index (χ1v) is 11.2. The van der Waals surface area contributed by atoms with Crippen molar-refractivity contribution in [3.05, 3.63) is 90.0 Å². The van der Waals surface area contributed by atoms with Crippen molar-refractivity contribution in [1.82, 2.24) is 4.90 Å². The van der Waals surface area contributed by atoms with Crippen molar-refractivity contribution in [3.63, 3.8) is 0 Å². The second-order valence-corrected chi connectivity index (χ2v) is 8.21. The van der Waals surface area contributed by atoms with Crippen molar-refractivity contribution in [2.24, 2.45) is 0 Å². The van der Waals surface area contributed by atoms with E-state index < -0.39 is 0 Å². The summed E-state index contributed by atoms with van der Waals surface area (Å²) >= 11 is 0. The highest BCUT2D eigenvalue weighted by atomic mass is 16.5. The molecule has 32 heavy (non-hydrogen) atoms. The predicted molar refractivity (Wildman–Crippen MR) is 132 cm³/mol. The van der Waals surface area contributed by atoms with E-state index in [0.717, 1.165) is 34.7 Å². The fourth-order valence-corrected chi connectivity index (χ4v) is 4.00. The smallest absolute Gasteiger partial charge is 0.248 e. The molecule has 3 aromatic carbocycles. The number of nitrogens with one attached hydrogen (secondary N) is 1. The van der Waals surface area contributed by atoms with E-state index in [1.165, 1.54) is 37.9 Å². The number of carbonyl (C=O) groups excluding carboxylic acids is 1. The van der Waals surface area contributed by atoms with Gasteiger partial charge in [-0.15, -0.1) is 0 Å². The monoisotopic (exact) mass is 426 g/mol. The number of carbonyl (C=O) groups is 1. The highest BCUT2D eigenvalue weighted by molar-refractivity contribution is 6.02. The van der Waals surface area contributed by atoms with Gasteiger partial charge in [0.05, 0.1) is 7.11 Å². The van der Waals surface area contributed by atoms with Crippen LogP contribution in [-0.2, 0) is 11.3 Å². The molecule has 1 fully saturated rings. The molecular weight excluding hydrogens is 396 g/mol. The summed E-state index contributed by atoms with van der Waals surface area (Å²) in [6.07, 6.45) is 7.40. The first-order valence-electron chi connectivity index (χ1n) is 11.2. The molecule has 0 saturated carbocycles. The number of hydrogen-bond acceptors (Lipinski definition) is 3. The largest absolute Gasteiger partial charge is 0.497 e. The van der Waals surface area contributed by atoms with Crippen LogP contribution in [0.15, 0.2) is 78.9 Å². The molecule has 1 N–H and O–H groups in total. The normalized spacial score (nSPS) is 14.4. The maximum atomic E-state index is 12.3. The third-order valence-electron chi connectivity index (χ3n) is 5.84. The maximum Gasteiger partial charge on any atom is 0.248 e. The third-order valence-corrected chi connectivity index (χ3v) is 5.84. The minimum Gasteiger partial charge on any atom is -0.497 e. The Morgan fingerprint density at radius 3 is 2.12 bits per heavy atom. The molecule has 0 aliphatic carbocycles. The van der Waals surface area contributed by atoms with E-state index in [2.05, 4.69) is 34.5 Å². The number of hydrogen-bond donors (Lipinski definition) is 1. The van der Waals surface area contributed by atoms with E-state index >= 15 is 0 Å². The fraction of sp³-hybridized carbons (Fsp3) is 0.250. The third kappa shape index (κ3) is 6.08. The Morgan fingerprint density at radius 2 is 1.50 bits per heavy atom. The lowest BCUT2D eigenvalue weighted by Crippen LogP contribution is -2.29. The number of methoxy groups -OCH3 is 1. The van der Waals surface area contributed by atoms with Crippen molar-refractivity contribution in [3.8, 4) is 16.9 Å². The number of benzene rings is 3. The van der Waals surface area contributed by atoms with Crippen LogP contribution < -0.4 is 10.1 Å². The van der Waals surface area contributed by atoms with Gasteiger partial charge >= 0.3 is 0 Å². The number of ether oxygens (including phenoxy) is 1. The average Bonchev–Trinajstić information content (AvgIpc) is 2.85. The predicted octanol–water partition coefficient (Wildman–Crippen LogP) is 6.00. The van der Waals surface area contributed by atoms with Gasteiger partial charge in [-0.05, 0) is 78.5 Å². The van der Waals surface area contributed by atoms with Gasteiger partial charge in [0.25, 0.3) is 0 Å². The number of rotatable bonds is 7. The minimum atomic E-state index is -0.139. The minimum absolute atomic E-state index is 0.139. The van der Waals surface area contributed by atoms with Gasteiger partial charge in [-0.25, -0.2) is 0 Å². The summed E-state index contributed by atoms with van der Waals surface area (Å²) in [7, 11) is 1.66. The molecule has 0 bridgehead atoms. The van der Waals surface area contributed by atoms with Crippen LogP contribution in [0.1, 0.15) is 30.4 Å². The van der Waals surface area contributed by atoms with Crippen LogP contribution in [0, 0.1) is 0 Å². The zero-order valence-electron chi connectivity index (χ0n) is 18.6. The molecule has 0 atom stereocenters. The number of anilines is 1. The van der Waals surface area contributed by atoms with Crippen LogP contribution in [-0.4, -0.2) is 31.0 Å². The van der Waals surface area contributed by atoms with E-state index in [4.69, 9.17) is 4.74 Å². The quantitative estimate of drug-likeness (QED) is 0.471. The van der Waals surface area contributed by atoms with Crippen LogP contribution in [0.4, 0.5) is 5.69 Å². The molecule has 1 amide bonds. The Morgan fingerprint density at radius 1 is 0.875 bits per heavy atom. The van der Waals surface area contributed by atoms with Crippen molar-refractivity contribution in [2.45, 2.75) is 25.8 Å². The first-order chi connectivity index (χ1) is 15.7. The molecule has 1 heterocycles. The molecule has 3 aromatic rings. The Balaban J connectivity index is 1.29. The van der Waals surface area contributed by atoms with Gasteiger partial charge < -0.3 is 10.1 Å². The first kappa shape index (κ1) is 21.8. The summed E-state index contributed by atoms with van der Waals surface area (Å²) in [5.74, 6) is 0.695. The average molecular weight is 427 g/mol. The van der Waals surface area contributed by atoms with E-state index in [0.29, 0.717) is 0 Å². The lowest BCUT2D eigenvalue weighted by atomic mass is 10.1. The number of amides is 1. The number of likely N-dealkylation sites (tertiary alicyclic amines) is 1. The van der Waals surface area contributed by atoms with E-state index in [1.54, 1.807) is 13.2 Å². The molecule has 1 saturated heterocycles. The summed E-state index contributed by atoms with van der Waals surface area (Å²) in [6, 6.07) is 24.2. The second-order valence-electron chi connectivity index (χ2n) is 8.21. The zero-order valence-corrected chi connectivity index (χ0v) is 18.6. The Kier molecular flexibility index (Phi) is 7.36. The molecule has 1 aliphatic rings. The lowest BCUT2D eigenvalue weighted by molar-refractivity contribution is -0.111. The van der Waals surface area contributed by atoms with Crippen molar-refractivity contribution < 1.29 is 9.53 Å². The highest BCUT2D eigenvalue weighted by Gasteiger charge is 2.10. The number of piperidine rings is 1. The van der Waals surface area contributed by atoms with Crippen LogP contribution in [0.25, 0.3) is 17.2 Å².